The number of aryl methyl sites for hydroxylation is 1. The molecule has 1 atom stereocenters. The highest BCUT2D eigenvalue weighted by molar-refractivity contribution is 5.90. The topological polar surface area (TPSA) is 70.6 Å². The summed E-state index contributed by atoms with van der Waals surface area (Å²) in [6.07, 6.45) is 2.37. The number of carbonyl (C=O) groups is 1. The molecule has 1 rings (SSSR count). The minimum atomic E-state index is -0.590. The molecule has 3 N–H and O–H groups in total. The number of urea groups is 1. The van der Waals surface area contributed by atoms with Crippen LogP contribution in [0.5, 0.6) is 0 Å². The number of carbonyl (C=O) groups excluding carboxylic acids is 1. The van der Waals surface area contributed by atoms with Crippen LogP contribution in [0.2, 0.25) is 0 Å². The van der Waals surface area contributed by atoms with Gasteiger partial charge in [-0.3, -0.25) is 0 Å². The minimum absolute atomic E-state index is 0.00738. The first-order chi connectivity index (χ1) is 10.0. The van der Waals surface area contributed by atoms with Crippen molar-refractivity contribution in [2.24, 2.45) is 0 Å². The maximum atomic E-state index is 12.2. The van der Waals surface area contributed by atoms with Crippen molar-refractivity contribution in [2.45, 2.75) is 38.6 Å². The Bertz CT molecular complexity index is 443. The molecular formula is C16H26N2O3. The van der Waals surface area contributed by atoms with E-state index in [2.05, 4.69) is 17.6 Å². The molecule has 0 radical (unpaired) electrons. The standard InChI is InChI=1S/C16H26N2O3/c1-4-7-13-8-5-6-9-14(13)17-15(20)18-16(2,10-11-19)12-21-3/h5-6,8-9,19H,4,7,10-12H2,1-3H3,(H2,17,18,20). The Morgan fingerprint density at radius 1 is 1.38 bits per heavy atom. The third-order valence-corrected chi connectivity index (χ3v) is 3.33. The first kappa shape index (κ1) is 17.5. The summed E-state index contributed by atoms with van der Waals surface area (Å²) in [7, 11) is 1.58. The molecule has 0 bridgehead atoms. The molecule has 0 heterocycles. The molecule has 1 unspecified atom stereocenters. The van der Waals surface area contributed by atoms with Crippen molar-refractivity contribution in [1.29, 1.82) is 0 Å². The number of hydrogen-bond donors (Lipinski definition) is 3. The van der Waals surface area contributed by atoms with Crippen LogP contribution < -0.4 is 10.6 Å². The van der Waals surface area contributed by atoms with Crippen molar-refractivity contribution in [3.63, 3.8) is 0 Å². The summed E-state index contributed by atoms with van der Waals surface area (Å²) in [6, 6.07) is 7.49. The van der Waals surface area contributed by atoms with Crippen LogP contribution in [0.25, 0.3) is 0 Å². The normalized spacial score (nSPS) is 13.5. The van der Waals surface area contributed by atoms with Crippen LogP contribution in [0, 0.1) is 0 Å². The monoisotopic (exact) mass is 294 g/mol. The fraction of sp³-hybridized carbons (Fsp3) is 0.562. The van der Waals surface area contributed by atoms with Crippen LogP contribution in [0.15, 0.2) is 24.3 Å². The highest BCUT2D eigenvalue weighted by Gasteiger charge is 2.26. The second-order valence-corrected chi connectivity index (χ2v) is 5.45. The molecular weight excluding hydrogens is 268 g/mol. The number of nitrogens with one attached hydrogen (secondary N) is 2. The van der Waals surface area contributed by atoms with Gasteiger partial charge in [0.15, 0.2) is 0 Å². The third-order valence-electron chi connectivity index (χ3n) is 3.33. The largest absolute Gasteiger partial charge is 0.396 e. The zero-order valence-electron chi connectivity index (χ0n) is 13.1. The highest BCUT2D eigenvalue weighted by Crippen LogP contribution is 2.17. The van der Waals surface area contributed by atoms with Gasteiger partial charge in [-0.1, -0.05) is 31.5 Å². The van der Waals surface area contributed by atoms with Crippen molar-refractivity contribution in [3.05, 3.63) is 29.8 Å². The highest BCUT2D eigenvalue weighted by atomic mass is 16.5. The number of aliphatic hydroxyl groups is 1. The molecule has 5 nitrogen and oxygen atoms in total. The van der Waals surface area contributed by atoms with Gasteiger partial charge in [0.05, 0.1) is 12.1 Å². The predicted molar refractivity (Wildman–Crippen MR) is 84.6 cm³/mol. The maximum Gasteiger partial charge on any atom is 0.319 e. The number of ether oxygens (including phenoxy) is 1. The number of rotatable bonds is 8. The van der Waals surface area contributed by atoms with Gasteiger partial charge < -0.3 is 20.5 Å². The van der Waals surface area contributed by atoms with Gasteiger partial charge in [-0.2, -0.15) is 0 Å². The number of benzene rings is 1. The lowest BCUT2D eigenvalue weighted by Gasteiger charge is -2.29. The van der Waals surface area contributed by atoms with Crippen molar-refractivity contribution in [2.75, 3.05) is 25.6 Å². The average molecular weight is 294 g/mol. The molecule has 21 heavy (non-hydrogen) atoms. The van der Waals surface area contributed by atoms with E-state index in [4.69, 9.17) is 9.84 Å². The number of methoxy groups -OCH3 is 1. The van der Waals surface area contributed by atoms with Crippen LogP contribution in [0.3, 0.4) is 0 Å². The number of anilines is 1. The van der Waals surface area contributed by atoms with Gasteiger partial charge in [0.2, 0.25) is 0 Å². The number of hydrogen-bond acceptors (Lipinski definition) is 3. The van der Waals surface area contributed by atoms with Crippen molar-refractivity contribution in [1.82, 2.24) is 5.32 Å². The van der Waals surface area contributed by atoms with Crippen LogP contribution in [0.1, 0.15) is 32.3 Å². The summed E-state index contributed by atoms with van der Waals surface area (Å²) in [5.41, 5.74) is 1.35. The molecule has 0 saturated carbocycles. The van der Waals surface area contributed by atoms with Crippen LogP contribution in [0.4, 0.5) is 10.5 Å². The third kappa shape index (κ3) is 5.73. The second-order valence-electron chi connectivity index (χ2n) is 5.45. The lowest BCUT2D eigenvalue weighted by Crippen LogP contribution is -2.51. The average Bonchev–Trinajstić information content (AvgIpc) is 2.41. The number of aliphatic hydroxyl groups excluding tert-OH is 1. The van der Waals surface area contributed by atoms with E-state index in [9.17, 15) is 4.79 Å². The van der Waals surface area contributed by atoms with Crippen molar-refractivity contribution >= 4 is 11.7 Å². The van der Waals surface area contributed by atoms with Gasteiger partial charge in [-0.25, -0.2) is 4.79 Å². The molecule has 1 aromatic rings. The molecule has 0 fully saturated rings. The second kappa shape index (κ2) is 8.64. The summed E-state index contributed by atoms with van der Waals surface area (Å²) in [5, 5.41) is 14.9. The summed E-state index contributed by atoms with van der Waals surface area (Å²) in [4.78, 5) is 12.2. The first-order valence-electron chi connectivity index (χ1n) is 7.31. The summed E-state index contributed by atoms with van der Waals surface area (Å²) in [6.45, 7) is 4.29. The smallest absolute Gasteiger partial charge is 0.319 e. The van der Waals surface area contributed by atoms with Crippen molar-refractivity contribution < 1.29 is 14.6 Å². The summed E-state index contributed by atoms with van der Waals surface area (Å²) >= 11 is 0. The zero-order chi connectivity index (χ0) is 15.7. The first-order valence-corrected chi connectivity index (χ1v) is 7.31. The fourth-order valence-corrected chi connectivity index (χ4v) is 2.29. The van der Waals surface area contributed by atoms with Gasteiger partial charge in [0.25, 0.3) is 0 Å². The Balaban J connectivity index is 2.72. The molecule has 0 aliphatic heterocycles. The molecule has 0 spiro atoms. The van der Waals surface area contributed by atoms with E-state index in [1.54, 1.807) is 7.11 Å². The van der Waals surface area contributed by atoms with Gasteiger partial charge in [0, 0.05) is 19.4 Å². The molecule has 0 aliphatic rings. The van der Waals surface area contributed by atoms with Crippen LogP contribution in [-0.4, -0.2) is 37.0 Å². The molecule has 0 saturated heterocycles. The van der Waals surface area contributed by atoms with Gasteiger partial charge in [-0.05, 0) is 31.4 Å². The molecule has 2 amide bonds. The molecule has 0 aromatic heterocycles. The maximum absolute atomic E-state index is 12.2. The molecule has 5 heteroatoms. The van der Waals surface area contributed by atoms with Crippen molar-refractivity contribution in [3.8, 4) is 0 Å². The quantitative estimate of drug-likeness (QED) is 0.690. The molecule has 0 aliphatic carbocycles. The van der Waals surface area contributed by atoms with Crippen LogP contribution in [-0.2, 0) is 11.2 Å². The Kier molecular flexibility index (Phi) is 7.19. The molecule has 118 valence electrons. The summed E-state index contributed by atoms with van der Waals surface area (Å²) < 4.78 is 5.12. The van der Waals surface area contributed by atoms with E-state index in [0.29, 0.717) is 13.0 Å². The minimum Gasteiger partial charge on any atom is -0.396 e. The fourth-order valence-electron chi connectivity index (χ4n) is 2.29. The SMILES string of the molecule is CCCc1ccccc1NC(=O)NC(C)(CCO)COC. The van der Waals surface area contributed by atoms with Crippen LogP contribution >= 0.6 is 0 Å². The van der Waals surface area contributed by atoms with Gasteiger partial charge in [0.1, 0.15) is 0 Å². The van der Waals surface area contributed by atoms with E-state index in [0.717, 1.165) is 24.1 Å². The lowest BCUT2D eigenvalue weighted by molar-refractivity contribution is 0.104. The number of para-hydroxylation sites is 1. The van der Waals surface area contributed by atoms with Gasteiger partial charge in [-0.15, -0.1) is 0 Å². The zero-order valence-corrected chi connectivity index (χ0v) is 13.1. The van der Waals surface area contributed by atoms with E-state index >= 15 is 0 Å². The Morgan fingerprint density at radius 2 is 2.10 bits per heavy atom. The number of amides is 2. The van der Waals surface area contributed by atoms with E-state index < -0.39 is 5.54 Å². The Hall–Kier alpha value is -1.59. The predicted octanol–water partition coefficient (Wildman–Crippen LogP) is 2.55. The molecule has 1 aromatic carbocycles. The van der Waals surface area contributed by atoms with E-state index in [1.165, 1.54) is 0 Å². The lowest BCUT2D eigenvalue weighted by atomic mass is 10.00. The summed E-state index contributed by atoms with van der Waals surface area (Å²) in [5.74, 6) is 0. The Labute approximate surface area is 126 Å². The van der Waals surface area contributed by atoms with Gasteiger partial charge >= 0.3 is 6.03 Å². The Morgan fingerprint density at radius 3 is 2.71 bits per heavy atom. The van der Waals surface area contributed by atoms with E-state index in [-0.39, 0.29) is 12.6 Å². The van der Waals surface area contributed by atoms with E-state index in [1.807, 2.05) is 31.2 Å².